The average Bonchev–Trinajstić information content (AvgIpc) is 2.60. The summed E-state index contributed by atoms with van der Waals surface area (Å²) in [5, 5.41) is 3.17. The topological polar surface area (TPSA) is 74.6 Å². The number of anilines is 2. The lowest BCUT2D eigenvalue weighted by atomic mass is 10.1. The van der Waals surface area contributed by atoms with E-state index in [4.69, 9.17) is 14.2 Å². The molecule has 0 saturated heterocycles. The molecule has 1 N–H and O–H groups in total. The maximum atomic E-state index is 12.9. The van der Waals surface area contributed by atoms with E-state index in [0.29, 0.717) is 17.8 Å². The minimum Gasteiger partial charge on any atom is -0.497 e. The standard InChI is InChI=1S/C18H24BrN3O4/c1-11-6-14(26-5)7-12(2)16(11)21-17-18(23)22(8-15(19)20-17)13(9-24-3)10-25-4/h6-8,13H,9-10H2,1-5H3,(H,20,21)/i5-1. The largest absolute Gasteiger partial charge is 0.497 e. The van der Waals surface area contributed by atoms with Crippen LogP contribution in [0.15, 0.2) is 27.7 Å². The van der Waals surface area contributed by atoms with Crippen molar-refractivity contribution in [2.75, 3.05) is 39.9 Å². The van der Waals surface area contributed by atoms with Gasteiger partial charge in [0.25, 0.3) is 5.56 Å². The monoisotopic (exact) mass is 424 g/mol. The SMILES string of the molecule is COCC(COC)n1cc(Br)nc(Nc2c(C)cc(O[11CH3])cc2C)c1=O. The summed E-state index contributed by atoms with van der Waals surface area (Å²) in [4.78, 5) is 17.3. The Morgan fingerprint density at radius 2 is 1.73 bits per heavy atom. The van der Waals surface area contributed by atoms with Crippen LogP contribution in [0.1, 0.15) is 17.2 Å². The summed E-state index contributed by atoms with van der Waals surface area (Å²) in [6.45, 7) is 4.61. The molecule has 0 amide bonds. The lowest BCUT2D eigenvalue weighted by Crippen LogP contribution is -2.32. The fraction of sp³-hybridized carbons (Fsp3) is 0.444. The quantitative estimate of drug-likeness (QED) is 0.700. The molecule has 26 heavy (non-hydrogen) atoms. The molecule has 2 rings (SSSR count). The zero-order valence-corrected chi connectivity index (χ0v) is 17.2. The van der Waals surface area contributed by atoms with Crippen LogP contribution in [-0.2, 0) is 9.47 Å². The van der Waals surface area contributed by atoms with Gasteiger partial charge in [0, 0.05) is 26.1 Å². The molecule has 7 nitrogen and oxygen atoms in total. The zero-order chi connectivity index (χ0) is 19.3. The third-order valence-electron chi connectivity index (χ3n) is 4.00. The summed E-state index contributed by atoms with van der Waals surface area (Å²) in [6.07, 6.45) is 1.64. The van der Waals surface area contributed by atoms with Gasteiger partial charge < -0.3 is 24.1 Å². The van der Waals surface area contributed by atoms with Gasteiger partial charge in [-0.3, -0.25) is 4.79 Å². The molecule has 1 heterocycles. The first-order chi connectivity index (χ1) is 12.4. The summed E-state index contributed by atoms with van der Waals surface area (Å²) < 4.78 is 17.8. The Balaban J connectivity index is 2.47. The normalized spacial score (nSPS) is 11.0. The number of ether oxygens (including phenoxy) is 3. The van der Waals surface area contributed by atoms with Crippen LogP contribution >= 0.6 is 15.9 Å². The van der Waals surface area contributed by atoms with Crippen LogP contribution in [0.2, 0.25) is 0 Å². The van der Waals surface area contributed by atoms with E-state index in [2.05, 4.69) is 26.2 Å². The molecule has 0 unspecified atom stereocenters. The van der Waals surface area contributed by atoms with Crippen molar-refractivity contribution in [1.29, 1.82) is 0 Å². The Morgan fingerprint density at radius 3 is 2.23 bits per heavy atom. The molecule has 0 aliphatic heterocycles. The zero-order valence-electron chi connectivity index (χ0n) is 15.6. The number of methoxy groups -OCH3 is 3. The van der Waals surface area contributed by atoms with E-state index in [0.717, 1.165) is 22.6 Å². The molecular formula is C18H24BrN3O4. The van der Waals surface area contributed by atoms with Gasteiger partial charge in [0.15, 0.2) is 5.82 Å². The predicted molar refractivity (Wildman–Crippen MR) is 105 cm³/mol. The van der Waals surface area contributed by atoms with Crippen molar-refractivity contribution in [2.45, 2.75) is 19.9 Å². The summed E-state index contributed by atoms with van der Waals surface area (Å²) >= 11 is 3.38. The summed E-state index contributed by atoms with van der Waals surface area (Å²) in [7, 11) is 4.81. The van der Waals surface area contributed by atoms with Gasteiger partial charge in [-0.25, -0.2) is 4.98 Å². The molecule has 0 radical (unpaired) electrons. The van der Waals surface area contributed by atoms with E-state index in [1.54, 1.807) is 32.1 Å². The maximum Gasteiger partial charge on any atom is 0.294 e. The van der Waals surface area contributed by atoms with Crippen molar-refractivity contribution in [3.63, 3.8) is 0 Å². The first kappa shape index (κ1) is 20.4. The highest BCUT2D eigenvalue weighted by molar-refractivity contribution is 9.10. The number of hydrogen-bond donors (Lipinski definition) is 1. The highest BCUT2D eigenvalue weighted by Gasteiger charge is 2.18. The molecule has 0 fully saturated rings. The van der Waals surface area contributed by atoms with Gasteiger partial charge in [0.05, 0.1) is 26.4 Å². The van der Waals surface area contributed by atoms with Crippen molar-refractivity contribution in [3.8, 4) is 5.75 Å². The first-order valence-electron chi connectivity index (χ1n) is 8.10. The van der Waals surface area contributed by atoms with Gasteiger partial charge >= 0.3 is 0 Å². The van der Waals surface area contributed by atoms with Gasteiger partial charge in [-0.15, -0.1) is 0 Å². The smallest absolute Gasteiger partial charge is 0.294 e. The van der Waals surface area contributed by atoms with Crippen molar-refractivity contribution in [1.82, 2.24) is 9.55 Å². The fourth-order valence-electron chi connectivity index (χ4n) is 2.78. The van der Waals surface area contributed by atoms with Crippen LogP contribution in [-0.4, -0.2) is 44.1 Å². The number of aromatic nitrogens is 2. The molecular weight excluding hydrogens is 401 g/mol. The van der Waals surface area contributed by atoms with Gasteiger partial charge in [-0.2, -0.15) is 0 Å². The molecule has 1 aromatic carbocycles. The summed E-state index contributed by atoms with van der Waals surface area (Å²) in [5.41, 5.74) is 2.50. The van der Waals surface area contributed by atoms with Crippen molar-refractivity contribution < 1.29 is 14.2 Å². The number of rotatable bonds is 8. The molecule has 142 valence electrons. The number of nitrogens with zero attached hydrogens (tertiary/aromatic N) is 2. The van der Waals surface area contributed by atoms with Crippen molar-refractivity contribution in [2.24, 2.45) is 0 Å². The Morgan fingerprint density at radius 1 is 1.15 bits per heavy atom. The maximum absolute atomic E-state index is 12.9. The van der Waals surface area contributed by atoms with Gasteiger partial charge in [0.1, 0.15) is 10.4 Å². The van der Waals surface area contributed by atoms with Crippen LogP contribution < -0.4 is 15.6 Å². The number of hydrogen-bond acceptors (Lipinski definition) is 6. The molecule has 2 aromatic rings. The van der Waals surface area contributed by atoms with E-state index in [1.165, 1.54) is 0 Å². The minimum absolute atomic E-state index is 0.230. The van der Waals surface area contributed by atoms with Gasteiger partial charge in [-0.1, -0.05) is 0 Å². The Labute approximate surface area is 161 Å². The predicted octanol–water partition coefficient (Wildman–Crippen LogP) is 3.21. The molecule has 8 heteroatoms. The van der Waals surface area contributed by atoms with Crippen LogP contribution in [0.5, 0.6) is 5.75 Å². The number of benzene rings is 1. The molecule has 0 spiro atoms. The number of nitrogens with one attached hydrogen (secondary N) is 1. The molecule has 1 aromatic heterocycles. The second kappa shape index (κ2) is 9.16. The second-order valence-corrected chi connectivity index (χ2v) is 6.76. The number of halogens is 1. The summed E-state index contributed by atoms with van der Waals surface area (Å²) in [5.74, 6) is 0.998. The Bertz CT molecular complexity index is 794. The summed E-state index contributed by atoms with van der Waals surface area (Å²) in [6, 6.07) is 3.56. The molecule has 0 bridgehead atoms. The van der Waals surface area contributed by atoms with Crippen molar-refractivity contribution >= 4 is 27.4 Å². The van der Waals surface area contributed by atoms with E-state index in [1.807, 2.05) is 26.0 Å². The van der Waals surface area contributed by atoms with E-state index in [-0.39, 0.29) is 17.4 Å². The van der Waals surface area contributed by atoms with E-state index in [9.17, 15) is 4.79 Å². The molecule has 0 aliphatic carbocycles. The van der Waals surface area contributed by atoms with Crippen LogP contribution in [0, 0.1) is 13.8 Å². The van der Waals surface area contributed by atoms with Crippen LogP contribution in [0.25, 0.3) is 0 Å². The molecule has 0 atom stereocenters. The Hall–Kier alpha value is -1.90. The van der Waals surface area contributed by atoms with E-state index < -0.39 is 0 Å². The lowest BCUT2D eigenvalue weighted by molar-refractivity contribution is 0.0878. The third kappa shape index (κ3) is 4.63. The van der Waals surface area contributed by atoms with Gasteiger partial charge in [-0.05, 0) is 53.0 Å². The number of aryl methyl sites for hydroxylation is 2. The first-order valence-corrected chi connectivity index (χ1v) is 8.89. The highest BCUT2D eigenvalue weighted by Crippen LogP contribution is 2.28. The average molecular weight is 425 g/mol. The minimum atomic E-state index is -0.254. The Kier molecular flexibility index (Phi) is 7.19. The second-order valence-electron chi connectivity index (χ2n) is 5.95. The van der Waals surface area contributed by atoms with Crippen LogP contribution in [0.3, 0.4) is 0 Å². The lowest BCUT2D eigenvalue weighted by Gasteiger charge is -2.20. The van der Waals surface area contributed by atoms with Crippen LogP contribution in [0.4, 0.5) is 11.5 Å². The fourth-order valence-corrected chi connectivity index (χ4v) is 3.18. The molecule has 0 aliphatic rings. The third-order valence-corrected chi connectivity index (χ3v) is 4.38. The molecule has 0 saturated carbocycles. The van der Waals surface area contributed by atoms with E-state index >= 15 is 0 Å². The van der Waals surface area contributed by atoms with Gasteiger partial charge in [0.2, 0.25) is 0 Å². The highest BCUT2D eigenvalue weighted by atomic mass is 79.9. The van der Waals surface area contributed by atoms with Crippen molar-refractivity contribution in [3.05, 3.63) is 44.4 Å².